The molecule has 1 atom stereocenters. The van der Waals surface area contributed by atoms with Crippen molar-refractivity contribution in [2.45, 2.75) is 57.7 Å². The fourth-order valence-corrected chi connectivity index (χ4v) is 3.45. The molecular formula is C16H26N4. The average molecular weight is 274 g/mol. The van der Waals surface area contributed by atoms with E-state index in [0.717, 1.165) is 31.4 Å². The molecule has 0 bridgehead atoms. The molecule has 110 valence electrons. The minimum atomic E-state index is 0.278. The Morgan fingerprint density at radius 1 is 1.25 bits per heavy atom. The second kappa shape index (κ2) is 5.78. The molecule has 2 heterocycles. The van der Waals surface area contributed by atoms with E-state index in [-0.39, 0.29) is 5.54 Å². The van der Waals surface area contributed by atoms with Gasteiger partial charge in [0.05, 0.1) is 6.54 Å². The Kier molecular flexibility index (Phi) is 4.03. The first-order chi connectivity index (χ1) is 9.76. The third-order valence-corrected chi connectivity index (χ3v) is 5.14. The first-order valence-corrected chi connectivity index (χ1v) is 8.01. The van der Waals surface area contributed by atoms with Gasteiger partial charge in [-0.05, 0) is 37.7 Å². The summed E-state index contributed by atoms with van der Waals surface area (Å²) < 4.78 is 0. The Balaban J connectivity index is 1.75. The SMILES string of the molecule is CCC1(CC)CN(Cc2ncccn2)C(C2CC2)CN1. The lowest BCUT2D eigenvalue weighted by Crippen LogP contribution is -2.64. The molecule has 0 spiro atoms. The maximum absolute atomic E-state index is 4.41. The molecule has 20 heavy (non-hydrogen) atoms. The number of piperazine rings is 1. The third-order valence-electron chi connectivity index (χ3n) is 5.14. The van der Waals surface area contributed by atoms with E-state index in [1.165, 1.54) is 25.7 Å². The summed E-state index contributed by atoms with van der Waals surface area (Å²) in [5.74, 6) is 1.85. The molecular weight excluding hydrogens is 248 g/mol. The van der Waals surface area contributed by atoms with Gasteiger partial charge in [-0.3, -0.25) is 4.90 Å². The van der Waals surface area contributed by atoms with Crippen molar-refractivity contribution in [3.05, 3.63) is 24.3 Å². The first kappa shape index (κ1) is 14.0. The maximum atomic E-state index is 4.41. The van der Waals surface area contributed by atoms with Crippen LogP contribution in [0.5, 0.6) is 0 Å². The number of hydrogen-bond acceptors (Lipinski definition) is 4. The van der Waals surface area contributed by atoms with E-state index < -0.39 is 0 Å². The standard InChI is InChI=1S/C16H26N4/c1-3-16(4-2)12-20(11-15-17-8-5-9-18-15)14(10-19-16)13-6-7-13/h5,8-9,13-14,19H,3-4,6-7,10-12H2,1-2H3. The average Bonchev–Trinajstić information content (AvgIpc) is 3.33. The van der Waals surface area contributed by atoms with Crippen molar-refractivity contribution >= 4 is 0 Å². The summed E-state index contributed by atoms with van der Waals surface area (Å²) in [5.41, 5.74) is 0.278. The molecule has 0 amide bonds. The lowest BCUT2D eigenvalue weighted by atomic mass is 9.87. The van der Waals surface area contributed by atoms with Gasteiger partial charge in [-0.15, -0.1) is 0 Å². The van der Waals surface area contributed by atoms with Gasteiger partial charge in [0.1, 0.15) is 5.82 Å². The summed E-state index contributed by atoms with van der Waals surface area (Å²) in [5, 5.41) is 3.84. The lowest BCUT2D eigenvalue weighted by Gasteiger charge is -2.47. The summed E-state index contributed by atoms with van der Waals surface area (Å²) in [4.78, 5) is 11.5. The van der Waals surface area contributed by atoms with Gasteiger partial charge in [0.15, 0.2) is 0 Å². The Morgan fingerprint density at radius 3 is 2.55 bits per heavy atom. The summed E-state index contributed by atoms with van der Waals surface area (Å²) in [7, 11) is 0. The quantitative estimate of drug-likeness (QED) is 0.894. The molecule has 0 aromatic carbocycles. The molecule has 1 aromatic heterocycles. The molecule has 1 aromatic rings. The van der Waals surface area contributed by atoms with E-state index in [1.54, 1.807) is 0 Å². The molecule has 1 unspecified atom stereocenters. The highest BCUT2D eigenvalue weighted by molar-refractivity contribution is 5.02. The third kappa shape index (κ3) is 2.86. The predicted molar refractivity (Wildman–Crippen MR) is 80.3 cm³/mol. The zero-order valence-electron chi connectivity index (χ0n) is 12.7. The van der Waals surface area contributed by atoms with E-state index in [0.29, 0.717) is 6.04 Å². The maximum Gasteiger partial charge on any atom is 0.142 e. The molecule has 4 heteroatoms. The largest absolute Gasteiger partial charge is 0.308 e. The number of rotatable bonds is 5. The number of aromatic nitrogens is 2. The number of nitrogens with one attached hydrogen (secondary N) is 1. The Morgan fingerprint density at radius 2 is 1.95 bits per heavy atom. The molecule has 1 saturated carbocycles. The van der Waals surface area contributed by atoms with E-state index in [4.69, 9.17) is 0 Å². The summed E-state index contributed by atoms with van der Waals surface area (Å²) in [6.45, 7) is 7.74. The Labute approximate surface area is 122 Å². The van der Waals surface area contributed by atoms with Gasteiger partial charge in [-0.1, -0.05) is 13.8 Å². The smallest absolute Gasteiger partial charge is 0.142 e. The van der Waals surface area contributed by atoms with Gasteiger partial charge < -0.3 is 5.32 Å². The summed E-state index contributed by atoms with van der Waals surface area (Å²) >= 11 is 0. The van der Waals surface area contributed by atoms with E-state index in [1.807, 2.05) is 18.5 Å². The minimum absolute atomic E-state index is 0.278. The number of nitrogens with zero attached hydrogens (tertiary/aromatic N) is 3. The van der Waals surface area contributed by atoms with Crippen molar-refractivity contribution in [1.82, 2.24) is 20.2 Å². The monoisotopic (exact) mass is 274 g/mol. The van der Waals surface area contributed by atoms with Gasteiger partial charge in [-0.2, -0.15) is 0 Å². The van der Waals surface area contributed by atoms with Gasteiger partial charge in [-0.25, -0.2) is 9.97 Å². The number of hydrogen-bond donors (Lipinski definition) is 1. The van der Waals surface area contributed by atoms with E-state index in [2.05, 4.69) is 34.0 Å². The van der Waals surface area contributed by atoms with Crippen LogP contribution >= 0.6 is 0 Å². The molecule has 0 radical (unpaired) electrons. The van der Waals surface area contributed by atoms with Crippen LogP contribution in [0.25, 0.3) is 0 Å². The zero-order valence-corrected chi connectivity index (χ0v) is 12.7. The second-order valence-electron chi connectivity index (χ2n) is 6.34. The normalized spacial score (nSPS) is 26.6. The van der Waals surface area contributed by atoms with Crippen LogP contribution in [-0.2, 0) is 6.54 Å². The van der Waals surface area contributed by atoms with Crippen molar-refractivity contribution in [2.24, 2.45) is 5.92 Å². The van der Waals surface area contributed by atoms with Gasteiger partial charge in [0.2, 0.25) is 0 Å². The Hall–Kier alpha value is -1.00. The summed E-state index contributed by atoms with van der Waals surface area (Å²) in [6, 6.07) is 2.56. The molecule has 2 aliphatic rings. The molecule has 1 saturated heterocycles. The van der Waals surface area contributed by atoms with Crippen LogP contribution in [0.2, 0.25) is 0 Å². The fraction of sp³-hybridized carbons (Fsp3) is 0.750. The van der Waals surface area contributed by atoms with Crippen LogP contribution in [0.3, 0.4) is 0 Å². The highest BCUT2D eigenvalue weighted by Gasteiger charge is 2.43. The van der Waals surface area contributed by atoms with Crippen molar-refractivity contribution in [3.63, 3.8) is 0 Å². The Bertz CT molecular complexity index is 425. The minimum Gasteiger partial charge on any atom is -0.308 e. The van der Waals surface area contributed by atoms with Crippen LogP contribution < -0.4 is 5.32 Å². The molecule has 2 fully saturated rings. The van der Waals surface area contributed by atoms with Crippen molar-refractivity contribution in [3.8, 4) is 0 Å². The van der Waals surface area contributed by atoms with Crippen molar-refractivity contribution < 1.29 is 0 Å². The van der Waals surface area contributed by atoms with Crippen LogP contribution in [0, 0.1) is 5.92 Å². The van der Waals surface area contributed by atoms with Crippen LogP contribution in [0.4, 0.5) is 0 Å². The van der Waals surface area contributed by atoms with Gasteiger partial charge in [0.25, 0.3) is 0 Å². The topological polar surface area (TPSA) is 41.1 Å². The molecule has 3 rings (SSSR count). The predicted octanol–water partition coefficient (Wildman–Crippen LogP) is 2.22. The van der Waals surface area contributed by atoms with E-state index in [9.17, 15) is 0 Å². The van der Waals surface area contributed by atoms with Gasteiger partial charge >= 0.3 is 0 Å². The highest BCUT2D eigenvalue weighted by Crippen LogP contribution is 2.38. The van der Waals surface area contributed by atoms with Crippen LogP contribution in [-0.4, -0.2) is 39.5 Å². The van der Waals surface area contributed by atoms with Crippen molar-refractivity contribution in [1.29, 1.82) is 0 Å². The van der Waals surface area contributed by atoms with Crippen LogP contribution in [0.15, 0.2) is 18.5 Å². The van der Waals surface area contributed by atoms with Crippen LogP contribution in [0.1, 0.15) is 45.4 Å². The molecule has 1 aliphatic heterocycles. The molecule has 4 nitrogen and oxygen atoms in total. The first-order valence-electron chi connectivity index (χ1n) is 8.01. The highest BCUT2D eigenvalue weighted by atomic mass is 15.3. The van der Waals surface area contributed by atoms with E-state index >= 15 is 0 Å². The fourth-order valence-electron chi connectivity index (χ4n) is 3.45. The summed E-state index contributed by atoms with van der Waals surface area (Å²) in [6.07, 6.45) is 8.86. The zero-order chi connectivity index (χ0) is 14.0. The molecule has 1 N–H and O–H groups in total. The molecule has 1 aliphatic carbocycles. The van der Waals surface area contributed by atoms with Gasteiger partial charge in [0, 0.05) is 37.1 Å². The second-order valence-corrected chi connectivity index (χ2v) is 6.34. The lowest BCUT2D eigenvalue weighted by molar-refractivity contribution is 0.0537. The van der Waals surface area contributed by atoms with Crippen molar-refractivity contribution in [2.75, 3.05) is 13.1 Å².